The number of benzene rings is 3. The van der Waals surface area contributed by atoms with E-state index in [9.17, 15) is 9.59 Å². The van der Waals surface area contributed by atoms with E-state index in [0.717, 1.165) is 32.3 Å². The largest absolute Gasteiger partial charge is 0.497 e. The number of hydrogen-bond acceptors (Lipinski definition) is 5. The van der Waals surface area contributed by atoms with Crippen LogP contribution in [-0.4, -0.2) is 23.9 Å². The number of hydrazine groups is 1. The van der Waals surface area contributed by atoms with Crippen molar-refractivity contribution in [1.82, 2.24) is 15.8 Å². The fourth-order valence-electron chi connectivity index (χ4n) is 3.11. The molecule has 6 nitrogen and oxygen atoms in total. The van der Waals surface area contributed by atoms with Crippen LogP contribution in [0, 0.1) is 0 Å². The molecular weight excluding hydrogens is 422 g/mol. The van der Waals surface area contributed by atoms with Crippen LogP contribution in [0.2, 0.25) is 0 Å². The molecule has 0 aliphatic rings. The van der Waals surface area contributed by atoms with Gasteiger partial charge in [0.25, 0.3) is 5.91 Å². The van der Waals surface area contributed by atoms with Crippen LogP contribution in [-0.2, 0) is 11.2 Å². The van der Waals surface area contributed by atoms with E-state index in [2.05, 4.69) is 15.8 Å². The number of carbonyl (C=O) groups excluding carboxylic acids is 2. The van der Waals surface area contributed by atoms with Crippen molar-refractivity contribution < 1.29 is 14.3 Å². The molecule has 0 bridgehead atoms. The highest BCUT2D eigenvalue weighted by Gasteiger charge is 2.12. The molecule has 7 heteroatoms. The number of ether oxygens (including phenoxy) is 1. The van der Waals surface area contributed by atoms with Gasteiger partial charge < -0.3 is 4.74 Å². The van der Waals surface area contributed by atoms with Gasteiger partial charge in [-0.25, -0.2) is 4.98 Å². The average molecular weight is 444 g/mol. The summed E-state index contributed by atoms with van der Waals surface area (Å²) in [6, 6.07) is 24.3. The molecule has 0 unspecified atom stereocenters. The van der Waals surface area contributed by atoms with E-state index in [-0.39, 0.29) is 18.2 Å². The van der Waals surface area contributed by atoms with E-state index >= 15 is 0 Å². The predicted molar refractivity (Wildman–Crippen MR) is 125 cm³/mol. The summed E-state index contributed by atoms with van der Waals surface area (Å²) < 4.78 is 5.20. The van der Waals surface area contributed by atoms with Crippen molar-refractivity contribution in [1.29, 1.82) is 0 Å². The zero-order valence-corrected chi connectivity index (χ0v) is 18.2. The molecule has 1 aromatic heterocycles. The van der Waals surface area contributed by atoms with Gasteiger partial charge in [-0.3, -0.25) is 20.4 Å². The smallest absolute Gasteiger partial charge is 0.269 e. The van der Waals surface area contributed by atoms with Crippen LogP contribution in [0.25, 0.3) is 21.0 Å². The first-order valence-electron chi connectivity index (χ1n) is 9.96. The van der Waals surface area contributed by atoms with Crippen LogP contribution in [0.15, 0.2) is 85.1 Å². The Labute approximate surface area is 189 Å². The van der Waals surface area contributed by atoms with Gasteiger partial charge in [0.05, 0.1) is 18.4 Å². The first-order chi connectivity index (χ1) is 15.6. The van der Waals surface area contributed by atoms with E-state index in [1.54, 1.807) is 25.3 Å². The lowest BCUT2D eigenvalue weighted by atomic mass is 10.1. The molecule has 32 heavy (non-hydrogen) atoms. The van der Waals surface area contributed by atoms with Crippen LogP contribution in [0.3, 0.4) is 0 Å². The maximum absolute atomic E-state index is 12.5. The zero-order chi connectivity index (χ0) is 22.3. The third-order valence-electron chi connectivity index (χ3n) is 4.77. The Hall–Kier alpha value is -3.97. The summed E-state index contributed by atoms with van der Waals surface area (Å²) in [7, 11) is 1.64. The van der Waals surface area contributed by atoms with Crippen LogP contribution in [0.4, 0.5) is 0 Å². The second-order valence-electron chi connectivity index (χ2n) is 7.00. The minimum atomic E-state index is -0.389. The molecule has 0 radical (unpaired) electrons. The van der Waals surface area contributed by atoms with Gasteiger partial charge in [-0.05, 0) is 47.5 Å². The number of thiazole rings is 1. The number of aromatic nitrogens is 1. The molecule has 160 valence electrons. The highest BCUT2D eigenvalue weighted by Crippen LogP contribution is 2.33. The van der Waals surface area contributed by atoms with Crippen LogP contribution >= 0.6 is 11.3 Å². The molecule has 3 aromatic carbocycles. The SMILES string of the molecule is COc1ccc(-c2cnc(-c3cccc(C(=O)NNC(=O)Cc4ccccc4)c3)s2)cc1. The standard InChI is InChI=1S/C25H21N3O3S/c1-31-21-12-10-18(11-13-21)22-16-26-25(32-22)20-9-5-8-19(15-20)24(30)28-27-23(29)14-17-6-3-2-4-7-17/h2-13,15-16H,14H2,1H3,(H,27,29)(H,28,30). The molecule has 0 aliphatic heterocycles. The molecule has 0 atom stereocenters. The van der Waals surface area contributed by atoms with E-state index in [1.165, 1.54) is 11.3 Å². The van der Waals surface area contributed by atoms with Crippen LogP contribution < -0.4 is 15.6 Å². The van der Waals surface area contributed by atoms with Crippen molar-refractivity contribution in [2.24, 2.45) is 0 Å². The maximum atomic E-state index is 12.5. The van der Waals surface area contributed by atoms with Gasteiger partial charge in [0, 0.05) is 17.3 Å². The predicted octanol–water partition coefficient (Wildman–Crippen LogP) is 4.49. The zero-order valence-electron chi connectivity index (χ0n) is 17.4. The Kier molecular flexibility index (Phi) is 6.57. The van der Waals surface area contributed by atoms with Crippen molar-refractivity contribution in [2.75, 3.05) is 7.11 Å². The van der Waals surface area contributed by atoms with Crippen LogP contribution in [0.5, 0.6) is 5.75 Å². The van der Waals surface area contributed by atoms with Gasteiger partial charge in [-0.15, -0.1) is 11.3 Å². The van der Waals surface area contributed by atoms with E-state index in [4.69, 9.17) is 4.74 Å². The third-order valence-corrected chi connectivity index (χ3v) is 5.87. The summed E-state index contributed by atoms with van der Waals surface area (Å²) in [4.78, 5) is 30.1. The summed E-state index contributed by atoms with van der Waals surface area (Å²) in [5, 5.41) is 0.804. The molecule has 0 aliphatic carbocycles. The van der Waals surface area contributed by atoms with Crippen molar-refractivity contribution in [3.05, 3.63) is 96.2 Å². The number of rotatable bonds is 6. The molecule has 0 saturated carbocycles. The number of methoxy groups -OCH3 is 1. The Bertz CT molecular complexity index is 1220. The minimum Gasteiger partial charge on any atom is -0.497 e. The third kappa shape index (κ3) is 5.19. The number of hydrogen-bond donors (Lipinski definition) is 2. The summed E-state index contributed by atoms with van der Waals surface area (Å²) in [5.41, 5.74) is 8.12. The molecule has 1 heterocycles. The van der Waals surface area contributed by atoms with Crippen LogP contribution in [0.1, 0.15) is 15.9 Å². The Morgan fingerprint density at radius 3 is 2.44 bits per heavy atom. The molecule has 0 spiro atoms. The van der Waals surface area contributed by atoms with Crippen molar-refractivity contribution in [2.45, 2.75) is 6.42 Å². The maximum Gasteiger partial charge on any atom is 0.269 e. The van der Waals surface area contributed by atoms with E-state index < -0.39 is 0 Å². The number of carbonyl (C=O) groups is 2. The van der Waals surface area contributed by atoms with Crippen molar-refractivity contribution in [3.63, 3.8) is 0 Å². The second kappa shape index (κ2) is 9.89. The fraction of sp³-hybridized carbons (Fsp3) is 0.0800. The minimum absolute atomic E-state index is 0.189. The van der Waals surface area contributed by atoms with Crippen molar-refractivity contribution in [3.8, 4) is 26.8 Å². The lowest BCUT2D eigenvalue weighted by molar-refractivity contribution is -0.121. The Balaban J connectivity index is 1.41. The second-order valence-corrected chi connectivity index (χ2v) is 8.03. The van der Waals surface area contributed by atoms with Gasteiger partial charge in [0.1, 0.15) is 10.8 Å². The summed E-state index contributed by atoms with van der Waals surface area (Å²) >= 11 is 1.54. The molecule has 0 saturated heterocycles. The normalized spacial score (nSPS) is 10.4. The van der Waals surface area contributed by atoms with Gasteiger partial charge in [-0.1, -0.05) is 42.5 Å². The van der Waals surface area contributed by atoms with Crippen molar-refractivity contribution >= 4 is 23.2 Å². The molecule has 2 amide bonds. The molecule has 2 N–H and O–H groups in total. The Morgan fingerprint density at radius 2 is 1.69 bits per heavy atom. The highest BCUT2D eigenvalue weighted by molar-refractivity contribution is 7.18. The van der Waals surface area contributed by atoms with E-state index in [0.29, 0.717) is 5.56 Å². The summed E-state index contributed by atoms with van der Waals surface area (Å²) in [5.74, 6) is 0.123. The van der Waals surface area contributed by atoms with Gasteiger partial charge in [0.2, 0.25) is 5.91 Å². The molecular formula is C25H21N3O3S. The van der Waals surface area contributed by atoms with Gasteiger partial charge >= 0.3 is 0 Å². The number of amides is 2. The highest BCUT2D eigenvalue weighted by atomic mass is 32.1. The van der Waals surface area contributed by atoms with Gasteiger partial charge in [0.15, 0.2) is 0 Å². The first-order valence-corrected chi connectivity index (χ1v) is 10.8. The average Bonchev–Trinajstić information content (AvgIpc) is 3.34. The summed E-state index contributed by atoms with van der Waals surface area (Å²) in [6.45, 7) is 0. The topological polar surface area (TPSA) is 80.3 Å². The molecule has 0 fully saturated rings. The monoisotopic (exact) mass is 443 g/mol. The number of nitrogens with zero attached hydrogens (tertiary/aromatic N) is 1. The lowest BCUT2D eigenvalue weighted by Gasteiger charge is -2.08. The fourth-order valence-corrected chi connectivity index (χ4v) is 4.03. The quantitative estimate of drug-likeness (QED) is 0.430. The molecule has 4 rings (SSSR count). The molecule has 4 aromatic rings. The van der Waals surface area contributed by atoms with Gasteiger partial charge in [-0.2, -0.15) is 0 Å². The first kappa shape index (κ1) is 21.3. The lowest BCUT2D eigenvalue weighted by Crippen LogP contribution is -2.42. The summed E-state index contributed by atoms with van der Waals surface area (Å²) in [6.07, 6.45) is 2.01. The number of nitrogens with one attached hydrogen (secondary N) is 2. The Morgan fingerprint density at radius 1 is 0.906 bits per heavy atom. The van der Waals surface area contributed by atoms with E-state index in [1.807, 2.05) is 66.9 Å².